The molecular formula is C11H18N4. The number of nitrogens with zero attached hydrogens (tertiary/aromatic N) is 2. The molecule has 0 fully saturated rings. The molecule has 82 valence electrons. The van der Waals surface area contributed by atoms with Crippen molar-refractivity contribution in [3.05, 3.63) is 17.5 Å². The van der Waals surface area contributed by atoms with Crippen LogP contribution in [0.5, 0.6) is 0 Å². The first-order valence-corrected chi connectivity index (χ1v) is 5.66. The lowest BCUT2D eigenvalue weighted by Crippen LogP contribution is -2.26. The molecule has 0 radical (unpaired) electrons. The summed E-state index contributed by atoms with van der Waals surface area (Å²) < 4.78 is 0. The second kappa shape index (κ2) is 4.57. The Morgan fingerprint density at radius 3 is 3.27 bits per heavy atom. The van der Waals surface area contributed by atoms with Crippen molar-refractivity contribution in [3.63, 3.8) is 0 Å². The average molecular weight is 206 g/mol. The van der Waals surface area contributed by atoms with Gasteiger partial charge in [0.25, 0.3) is 0 Å². The molecule has 0 amide bonds. The molecule has 1 aromatic rings. The third-order valence-corrected chi connectivity index (χ3v) is 2.84. The molecule has 1 aromatic heterocycles. The van der Waals surface area contributed by atoms with Crippen molar-refractivity contribution in [2.45, 2.75) is 38.6 Å². The summed E-state index contributed by atoms with van der Waals surface area (Å²) in [5.74, 6) is 0.393. The summed E-state index contributed by atoms with van der Waals surface area (Å²) >= 11 is 0. The number of nitrogens with two attached hydrogens (primary N) is 1. The zero-order valence-electron chi connectivity index (χ0n) is 9.16. The van der Waals surface area contributed by atoms with Gasteiger partial charge < -0.3 is 11.1 Å². The largest absolute Gasteiger partial charge is 0.368 e. The van der Waals surface area contributed by atoms with E-state index in [0.29, 0.717) is 12.0 Å². The molecule has 2 rings (SSSR count). The summed E-state index contributed by atoms with van der Waals surface area (Å²) in [6.45, 7) is 3.23. The Labute approximate surface area is 90.3 Å². The molecule has 1 atom stereocenters. The van der Waals surface area contributed by atoms with Crippen molar-refractivity contribution in [1.29, 1.82) is 0 Å². The van der Waals surface area contributed by atoms with E-state index in [1.54, 1.807) is 0 Å². The zero-order chi connectivity index (χ0) is 10.7. The summed E-state index contributed by atoms with van der Waals surface area (Å²) in [7, 11) is 0. The first-order valence-electron chi connectivity index (χ1n) is 5.66. The van der Waals surface area contributed by atoms with Crippen molar-refractivity contribution in [3.8, 4) is 0 Å². The number of aromatic nitrogens is 2. The average Bonchev–Trinajstić information content (AvgIpc) is 2.25. The molecule has 0 saturated carbocycles. The molecule has 4 heteroatoms. The van der Waals surface area contributed by atoms with Gasteiger partial charge in [-0.2, -0.15) is 0 Å². The number of hydrogen-bond acceptors (Lipinski definition) is 4. The first kappa shape index (κ1) is 10.4. The standard InChI is InChI=1S/C11H18N4/c1-2-6-13-9-4-3-5-10-8(9)7-14-11(12)15-10/h7,9,13H,2-6H2,1H3,(H2,12,14,15). The molecule has 1 aliphatic carbocycles. The summed E-state index contributed by atoms with van der Waals surface area (Å²) in [5.41, 5.74) is 7.95. The van der Waals surface area contributed by atoms with Crippen molar-refractivity contribution in [1.82, 2.24) is 15.3 Å². The maximum absolute atomic E-state index is 5.58. The highest BCUT2D eigenvalue weighted by Crippen LogP contribution is 2.27. The fourth-order valence-corrected chi connectivity index (χ4v) is 2.09. The molecular weight excluding hydrogens is 188 g/mol. The summed E-state index contributed by atoms with van der Waals surface area (Å²) in [6, 6.07) is 0.425. The van der Waals surface area contributed by atoms with E-state index in [4.69, 9.17) is 5.73 Å². The Kier molecular flexibility index (Phi) is 3.16. The number of aryl methyl sites for hydroxylation is 1. The van der Waals surface area contributed by atoms with Crippen LogP contribution < -0.4 is 11.1 Å². The number of rotatable bonds is 3. The van der Waals surface area contributed by atoms with E-state index in [-0.39, 0.29) is 0 Å². The first-order chi connectivity index (χ1) is 7.31. The van der Waals surface area contributed by atoms with Crippen LogP contribution in [0.1, 0.15) is 43.5 Å². The summed E-state index contributed by atoms with van der Waals surface area (Å²) in [4.78, 5) is 8.38. The van der Waals surface area contributed by atoms with Crippen LogP contribution in [-0.2, 0) is 6.42 Å². The normalized spacial score (nSPS) is 19.9. The van der Waals surface area contributed by atoms with Crippen LogP contribution in [0, 0.1) is 0 Å². The van der Waals surface area contributed by atoms with Crippen molar-refractivity contribution in [2.24, 2.45) is 0 Å². The van der Waals surface area contributed by atoms with E-state index in [2.05, 4.69) is 22.2 Å². The topological polar surface area (TPSA) is 63.8 Å². The van der Waals surface area contributed by atoms with Gasteiger partial charge in [0.15, 0.2) is 0 Å². The lowest BCUT2D eigenvalue weighted by molar-refractivity contribution is 0.454. The number of nitrogens with one attached hydrogen (secondary N) is 1. The molecule has 0 bridgehead atoms. The van der Waals surface area contributed by atoms with Gasteiger partial charge in [-0.25, -0.2) is 9.97 Å². The lowest BCUT2D eigenvalue weighted by Gasteiger charge is -2.25. The van der Waals surface area contributed by atoms with Gasteiger partial charge in [0, 0.05) is 17.8 Å². The number of hydrogen-bond donors (Lipinski definition) is 2. The minimum absolute atomic E-state index is 0.393. The van der Waals surface area contributed by atoms with E-state index < -0.39 is 0 Å². The predicted molar refractivity (Wildman–Crippen MR) is 60.4 cm³/mol. The summed E-state index contributed by atoms with van der Waals surface area (Å²) in [6.07, 6.45) is 6.43. The molecule has 4 nitrogen and oxygen atoms in total. The second-order valence-electron chi connectivity index (χ2n) is 4.03. The highest BCUT2D eigenvalue weighted by atomic mass is 15.0. The van der Waals surface area contributed by atoms with E-state index >= 15 is 0 Å². The third-order valence-electron chi connectivity index (χ3n) is 2.84. The smallest absolute Gasteiger partial charge is 0.220 e. The molecule has 0 saturated heterocycles. The monoisotopic (exact) mass is 206 g/mol. The third kappa shape index (κ3) is 2.26. The Hall–Kier alpha value is -1.16. The van der Waals surface area contributed by atoms with E-state index in [9.17, 15) is 0 Å². The molecule has 15 heavy (non-hydrogen) atoms. The van der Waals surface area contributed by atoms with Gasteiger partial charge in [0.2, 0.25) is 5.95 Å². The van der Waals surface area contributed by atoms with Crippen molar-refractivity contribution >= 4 is 5.95 Å². The van der Waals surface area contributed by atoms with E-state index in [1.807, 2.05) is 6.20 Å². The highest BCUT2D eigenvalue weighted by Gasteiger charge is 2.20. The van der Waals surface area contributed by atoms with Crippen LogP contribution in [0.15, 0.2) is 6.20 Å². The molecule has 0 aliphatic heterocycles. The van der Waals surface area contributed by atoms with Crippen LogP contribution in [0.3, 0.4) is 0 Å². The van der Waals surface area contributed by atoms with Crippen molar-refractivity contribution < 1.29 is 0 Å². The van der Waals surface area contributed by atoms with Gasteiger partial charge in [-0.3, -0.25) is 0 Å². The lowest BCUT2D eigenvalue weighted by atomic mass is 9.92. The van der Waals surface area contributed by atoms with E-state index in [0.717, 1.165) is 25.1 Å². The van der Waals surface area contributed by atoms with Gasteiger partial charge in [-0.05, 0) is 32.2 Å². The quantitative estimate of drug-likeness (QED) is 0.785. The van der Waals surface area contributed by atoms with Crippen LogP contribution in [-0.4, -0.2) is 16.5 Å². The number of anilines is 1. The van der Waals surface area contributed by atoms with Gasteiger partial charge in [-0.1, -0.05) is 6.92 Å². The highest BCUT2D eigenvalue weighted by molar-refractivity contribution is 5.29. The molecule has 0 spiro atoms. The van der Waals surface area contributed by atoms with Gasteiger partial charge in [0.1, 0.15) is 0 Å². The van der Waals surface area contributed by atoms with Gasteiger partial charge in [0.05, 0.1) is 5.69 Å². The second-order valence-corrected chi connectivity index (χ2v) is 4.03. The molecule has 1 unspecified atom stereocenters. The maximum Gasteiger partial charge on any atom is 0.220 e. The Morgan fingerprint density at radius 2 is 2.47 bits per heavy atom. The minimum Gasteiger partial charge on any atom is -0.368 e. The Balaban J connectivity index is 2.18. The zero-order valence-corrected chi connectivity index (χ0v) is 9.16. The predicted octanol–water partition coefficient (Wildman–Crippen LogP) is 1.44. The fraction of sp³-hybridized carbons (Fsp3) is 0.636. The molecule has 3 N–H and O–H groups in total. The van der Waals surface area contributed by atoms with E-state index in [1.165, 1.54) is 18.4 Å². The van der Waals surface area contributed by atoms with Crippen LogP contribution in [0.2, 0.25) is 0 Å². The Morgan fingerprint density at radius 1 is 1.60 bits per heavy atom. The van der Waals surface area contributed by atoms with Crippen LogP contribution >= 0.6 is 0 Å². The maximum atomic E-state index is 5.58. The number of nitrogen functional groups attached to an aromatic ring is 1. The van der Waals surface area contributed by atoms with Crippen molar-refractivity contribution in [2.75, 3.05) is 12.3 Å². The molecule has 0 aromatic carbocycles. The Bertz CT molecular complexity index is 337. The SMILES string of the molecule is CCCNC1CCCc2nc(N)ncc21. The summed E-state index contributed by atoms with van der Waals surface area (Å²) in [5, 5.41) is 3.53. The molecule has 1 aliphatic rings. The van der Waals surface area contributed by atoms with Gasteiger partial charge in [-0.15, -0.1) is 0 Å². The minimum atomic E-state index is 0.393. The van der Waals surface area contributed by atoms with Crippen LogP contribution in [0.4, 0.5) is 5.95 Å². The number of fused-ring (bicyclic) bond motifs is 1. The van der Waals surface area contributed by atoms with Gasteiger partial charge >= 0.3 is 0 Å². The molecule has 1 heterocycles. The fourth-order valence-electron chi connectivity index (χ4n) is 2.09. The van der Waals surface area contributed by atoms with Crippen LogP contribution in [0.25, 0.3) is 0 Å².